The van der Waals surface area contributed by atoms with Gasteiger partial charge >= 0.3 is 5.51 Å². The van der Waals surface area contributed by atoms with Gasteiger partial charge in [0, 0.05) is 0 Å². The fraction of sp³-hybridized carbons (Fsp3) is 1.00. The molecule has 0 heterocycles. The molecular formula is C5H9F3OS. The van der Waals surface area contributed by atoms with Crippen molar-refractivity contribution in [3.05, 3.63) is 0 Å². The zero-order valence-electron chi connectivity index (χ0n) is 5.95. The monoisotopic (exact) mass is 174 g/mol. The number of hydrogen-bond donors (Lipinski definition) is 0. The number of hydrogen-bond acceptors (Lipinski definition) is 1. The standard InChI is InChI=1S/C5H9F3OS/c1-4(2,3)10(9)5(6,7)8/h1-3H3. The van der Waals surface area contributed by atoms with Crippen molar-refractivity contribution >= 4 is 11.2 Å². The first-order valence-corrected chi connectivity index (χ1v) is 3.79. The van der Waals surface area contributed by atoms with Crippen LogP contribution in [0.15, 0.2) is 0 Å². The predicted octanol–water partition coefficient (Wildman–Crippen LogP) is 2.05. The Labute approximate surface area is 60.8 Å². The third-order valence-corrected chi connectivity index (χ3v) is 2.30. The number of halogens is 3. The normalized spacial score (nSPS) is 17.1. The van der Waals surface area contributed by atoms with Crippen molar-refractivity contribution in [1.29, 1.82) is 0 Å². The first-order valence-electron chi connectivity index (χ1n) is 2.64. The quantitative estimate of drug-likeness (QED) is 0.515. The lowest BCUT2D eigenvalue weighted by Gasteiger charge is -2.24. The van der Waals surface area contributed by atoms with Crippen molar-refractivity contribution in [2.45, 2.75) is 31.0 Å². The largest absolute Gasteiger partial charge is 0.609 e. The molecule has 0 saturated heterocycles. The van der Waals surface area contributed by atoms with Crippen molar-refractivity contribution in [2.24, 2.45) is 0 Å². The SMILES string of the molecule is CC(C)(C)[S+]([O-])C(F)(F)F. The molecular weight excluding hydrogens is 165 g/mol. The zero-order chi connectivity index (χ0) is 8.58. The van der Waals surface area contributed by atoms with Crippen LogP contribution in [0, 0.1) is 0 Å². The molecule has 0 aromatic heterocycles. The van der Waals surface area contributed by atoms with Gasteiger partial charge in [-0.1, -0.05) is 0 Å². The van der Waals surface area contributed by atoms with Crippen LogP contribution in [-0.2, 0) is 11.2 Å². The second-order valence-corrected chi connectivity index (χ2v) is 5.05. The fourth-order valence-electron chi connectivity index (χ4n) is 0.347. The molecule has 0 aliphatic heterocycles. The molecule has 0 spiro atoms. The first-order chi connectivity index (χ1) is 4.15. The Morgan fingerprint density at radius 1 is 1.10 bits per heavy atom. The third-order valence-electron chi connectivity index (χ3n) is 0.766. The first kappa shape index (κ1) is 10.1. The van der Waals surface area contributed by atoms with Gasteiger partial charge in [-0.15, -0.1) is 13.2 Å². The van der Waals surface area contributed by atoms with Crippen molar-refractivity contribution < 1.29 is 17.7 Å². The number of alkyl halides is 3. The Kier molecular flexibility index (Phi) is 2.64. The van der Waals surface area contributed by atoms with E-state index in [4.69, 9.17) is 0 Å². The van der Waals surface area contributed by atoms with Crippen LogP contribution in [0.4, 0.5) is 13.2 Å². The van der Waals surface area contributed by atoms with Gasteiger partial charge in [-0.2, -0.15) is 0 Å². The minimum atomic E-state index is -4.59. The van der Waals surface area contributed by atoms with Gasteiger partial charge in [0.2, 0.25) is 0 Å². The maximum absolute atomic E-state index is 11.6. The Bertz CT molecular complexity index is 101. The van der Waals surface area contributed by atoms with Crippen LogP contribution >= 0.6 is 0 Å². The smallest absolute Gasteiger partial charge is 0.573 e. The van der Waals surface area contributed by atoms with Crippen LogP contribution in [0.1, 0.15) is 20.8 Å². The molecule has 0 amide bonds. The minimum absolute atomic E-state index is 1.21. The summed E-state index contributed by atoms with van der Waals surface area (Å²) in [6.45, 7) is 3.86. The molecule has 0 fully saturated rings. The maximum Gasteiger partial charge on any atom is 0.573 e. The van der Waals surface area contributed by atoms with Crippen molar-refractivity contribution in [3.63, 3.8) is 0 Å². The maximum atomic E-state index is 11.6. The minimum Gasteiger partial charge on any atom is -0.609 e. The van der Waals surface area contributed by atoms with Crippen LogP contribution in [-0.4, -0.2) is 14.8 Å². The summed E-state index contributed by atoms with van der Waals surface area (Å²) in [5.41, 5.74) is -4.59. The molecule has 0 aliphatic rings. The van der Waals surface area contributed by atoms with E-state index in [1.54, 1.807) is 0 Å². The summed E-state index contributed by atoms with van der Waals surface area (Å²) in [6, 6.07) is 0. The van der Waals surface area contributed by atoms with Crippen LogP contribution in [0.5, 0.6) is 0 Å². The molecule has 1 atom stereocenters. The average molecular weight is 174 g/mol. The van der Waals surface area contributed by atoms with E-state index < -0.39 is 21.4 Å². The highest BCUT2D eigenvalue weighted by atomic mass is 32.2. The van der Waals surface area contributed by atoms with E-state index in [-0.39, 0.29) is 0 Å². The Balaban J connectivity index is 4.23. The van der Waals surface area contributed by atoms with Crippen LogP contribution < -0.4 is 0 Å². The molecule has 1 unspecified atom stereocenters. The molecule has 1 nitrogen and oxygen atoms in total. The summed E-state index contributed by atoms with van der Waals surface area (Å²) >= 11 is -2.75. The van der Waals surface area contributed by atoms with Gasteiger partial charge in [0.1, 0.15) is 4.75 Å². The predicted molar refractivity (Wildman–Crippen MR) is 34.0 cm³/mol. The summed E-state index contributed by atoms with van der Waals surface area (Å²) in [7, 11) is 0. The Morgan fingerprint density at radius 3 is 1.40 bits per heavy atom. The van der Waals surface area contributed by atoms with Crippen LogP contribution in [0.25, 0.3) is 0 Å². The summed E-state index contributed by atoms with van der Waals surface area (Å²) in [5, 5.41) is 0. The van der Waals surface area contributed by atoms with E-state index in [9.17, 15) is 17.7 Å². The van der Waals surface area contributed by atoms with Gasteiger partial charge in [-0.05, 0) is 20.8 Å². The lowest BCUT2D eigenvalue weighted by atomic mass is 10.3. The Hall–Kier alpha value is 0.100. The Morgan fingerprint density at radius 2 is 1.40 bits per heavy atom. The molecule has 0 bridgehead atoms. The third kappa shape index (κ3) is 2.79. The van der Waals surface area contributed by atoms with Gasteiger partial charge in [0.15, 0.2) is 0 Å². The fourth-order valence-corrected chi connectivity index (χ4v) is 1.04. The molecule has 0 aliphatic carbocycles. The van der Waals surface area contributed by atoms with Crippen molar-refractivity contribution in [2.75, 3.05) is 0 Å². The van der Waals surface area contributed by atoms with Crippen LogP contribution in [0.2, 0.25) is 0 Å². The van der Waals surface area contributed by atoms with Gasteiger partial charge in [-0.25, -0.2) is 0 Å². The van der Waals surface area contributed by atoms with Gasteiger partial charge in [-0.3, -0.25) is 0 Å². The zero-order valence-corrected chi connectivity index (χ0v) is 6.77. The van der Waals surface area contributed by atoms with E-state index in [2.05, 4.69) is 0 Å². The summed E-state index contributed by atoms with van der Waals surface area (Å²) in [5.74, 6) is 0. The van der Waals surface area contributed by atoms with E-state index in [1.165, 1.54) is 20.8 Å². The molecule has 0 rings (SSSR count). The highest BCUT2D eigenvalue weighted by Crippen LogP contribution is 2.32. The lowest BCUT2D eigenvalue weighted by molar-refractivity contribution is -0.0452. The second-order valence-electron chi connectivity index (χ2n) is 2.83. The lowest BCUT2D eigenvalue weighted by Crippen LogP contribution is -2.39. The molecule has 0 radical (unpaired) electrons. The molecule has 5 heteroatoms. The van der Waals surface area contributed by atoms with E-state index in [0.29, 0.717) is 0 Å². The molecule has 10 heavy (non-hydrogen) atoms. The topological polar surface area (TPSA) is 23.1 Å². The molecule has 0 aromatic rings. The van der Waals surface area contributed by atoms with Crippen molar-refractivity contribution in [1.82, 2.24) is 0 Å². The number of rotatable bonds is 0. The highest BCUT2D eigenvalue weighted by Gasteiger charge is 2.51. The summed E-state index contributed by atoms with van der Waals surface area (Å²) < 4.78 is 44.2. The van der Waals surface area contributed by atoms with E-state index >= 15 is 0 Å². The van der Waals surface area contributed by atoms with E-state index in [1.807, 2.05) is 0 Å². The van der Waals surface area contributed by atoms with Gasteiger partial charge in [0.05, 0.1) is 11.2 Å². The average Bonchev–Trinajstić information content (AvgIpc) is 1.59. The molecule has 0 saturated carbocycles. The molecule has 62 valence electrons. The van der Waals surface area contributed by atoms with Crippen LogP contribution in [0.3, 0.4) is 0 Å². The highest BCUT2D eigenvalue weighted by molar-refractivity contribution is 7.93. The summed E-state index contributed by atoms with van der Waals surface area (Å²) in [4.78, 5) is 0. The van der Waals surface area contributed by atoms with Crippen molar-refractivity contribution in [3.8, 4) is 0 Å². The molecule has 0 aromatic carbocycles. The second kappa shape index (κ2) is 2.62. The van der Waals surface area contributed by atoms with E-state index in [0.717, 1.165) is 0 Å². The van der Waals surface area contributed by atoms with Gasteiger partial charge in [0.25, 0.3) is 0 Å². The summed E-state index contributed by atoms with van der Waals surface area (Å²) in [6.07, 6.45) is 0. The van der Waals surface area contributed by atoms with Gasteiger partial charge < -0.3 is 4.55 Å². The molecule has 0 N–H and O–H groups in total.